The van der Waals surface area contributed by atoms with Crippen molar-refractivity contribution in [2.24, 2.45) is 0 Å². The maximum atomic E-state index is 6.44. The first-order valence-electron chi connectivity index (χ1n) is 22.1. The van der Waals surface area contributed by atoms with Crippen LogP contribution >= 0.6 is 0 Å². The second-order valence-corrected chi connectivity index (χ2v) is 17.1. The predicted octanol–water partition coefficient (Wildman–Crippen LogP) is 16.2. The van der Waals surface area contributed by atoms with Crippen molar-refractivity contribution in [3.63, 3.8) is 0 Å². The molecule has 0 bridgehead atoms. The van der Waals surface area contributed by atoms with Crippen LogP contribution in [0.3, 0.4) is 0 Å². The van der Waals surface area contributed by atoms with Crippen molar-refractivity contribution in [1.29, 1.82) is 0 Å². The minimum atomic E-state index is -0.557. The van der Waals surface area contributed by atoms with Crippen molar-refractivity contribution < 1.29 is 4.42 Å². The highest BCUT2D eigenvalue weighted by atomic mass is 16.3. The van der Waals surface area contributed by atoms with Crippen LogP contribution in [0.5, 0.6) is 0 Å². The van der Waals surface area contributed by atoms with Crippen molar-refractivity contribution in [3.05, 3.63) is 253 Å². The van der Waals surface area contributed by atoms with Crippen LogP contribution in [0.2, 0.25) is 0 Å². The zero-order chi connectivity index (χ0) is 41.9. The molecule has 0 aliphatic heterocycles. The Hall–Kier alpha value is -8.40. The molecule has 64 heavy (non-hydrogen) atoms. The van der Waals surface area contributed by atoms with Crippen molar-refractivity contribution in [3.8, 4) is 39.1 Å². The Bertz CT molecular complexity index is 3810. The third-order valence-corrected chi connectivity index (χ3v) is 14.0. The molecule has 1 spiro atoms. The van der Waals surface area contributed by atoms with Gasteiger partial charge in [0.1, 0.15) is 11.2 Å². The molecule has 0 radical (unpaired) electrons. The van der Waals surface area contributed by atoms with Gasteiger partial charge in [-0.25, -0.2) is 0 Å². The molecule has 0 N–H and O–H groups in total. The van der Waals surface area contributed by atoms with Gasteiger partial charge in [-0.2, -0.15) is 0 Å². The van der Waals surface area contributed by atoms with Crippen LogP contribution in [0.15, 0.2) is 235 Å². The molecule has 0 amide bonds. The molecule has 10 aromatic carbocycles. The van der Waals surface area contributed by atoms with Crippen LogP contribution < -0.4 is 4.90 Å². The van der Waals surface area contributed by atoms with E-state index in [1.165, 1.54) is 60.8 Å². The zero-order valence-corrected chi connectivity index (χ0v) is 34.7. The maximum absolute atomic E-state index is 6.44. The van der Waals surface area contributed by atoms with Gasteiger partial charge in [0.15, 0.2) is 0 Å². The number of benzene rings is 10. The molecule has 0 atom stereocenters. The monoisotopic (exact) mass is 814 g/mol. The van der Waals surface area contributed by atoms with Crippen LogP contribution in [0.4, 0.5) is 17.1 Å². The highest BCUT2D eigenvalue weighted by Gasteiger charge is 2.53. The summed E-state index contributed by atoms with van der Waals surface area (Å²) in [7, 11) is 0. The summed E-state index contributed by atoms with van der Waals surface area (Å²) in [6.07, 6.45) is 0. The minimum Gasteiger partial charge on any atom is -0.456 e. The highest BCUT2D eigenvalue weighted by molar-refractivity contribution is 6.17. The third kappa shape index (κ3) is 4.65. The fourth-order valence-corrected chi connectivity index (χ4v) is 11.6. The van der Waals surface area contributed by atoms with E-state index in [0.29, 0.717) is 0 Å². The first kappa shape index (κ1) is 35.2. The lowest BCUT2D eigenvalue weighted by Gasteiger charge is -2.36. The van der Waals surface area contributed by atoms with E-state index < -0.39 is 5.41 Å². The summed E-state index contributed by atoms with van der Waals surface area (Å²) in [5.74, 6) is 0. The van der Waals surface area contributed by atoms with Crippen molar-refractivity contribution in [1.82, 2.24) is 4.57 Å². The molecule has 0 unspecified atom stereocenters. The van der Waals surface area contributed by atoms with E-state index in [-0.39, 0.29) is 0 Å². The van der Waals surface area contributed by atoms with Gasteiger partial charge in [-0.05, 0) is 111 Å². The smallest absolute Gasteiger partial charge is 0.136 e. The number of fused-ring (bicyclic) bond motifs is 16. The van der Waals surface area contributed by atoms with Crippen LogP contribution in [-0.4, -0.2) is 4.57 Å². The number of hydrogen-bond donors (Lipinski definition) is 0. The van der Waals surface area contributed by atoms with Gasteiger partial charge < -0.3 is 13.9 Å². The minimum absolute atomic E-state index is 0.557. The van der Waals surface area contributed by atoms with Gasteiger partial charge in [0, 0.05) is 38.5 Å². The molecule has 0 saturated carbocycles. The molecule has 298 valence electrons. The Balaban J connectivity index is 1.12. The van der Waals surface area contributed by atoms with E-state index in [0.717, 1.165) is 61.3 Å². The highest BCUT2D eigenvalue weighted by Crippen LogP contribution is 2.65. The second kappa shape index (κ2) is 13.3. The number of furan rings is 1. The van der Waals surface area contributed by atoms with E-state index in [2.05, 4.69) is 234 Å². The third-order valence-electron chi connectivity index (χ3n) is 14.0. The number of para-hydroxylation sites is 3. The number of hydrogen-bond acceptors (Lipinski definition) is 2. The molecule has 3 heteroatoms. The second-order valence-electron chi connectivity index (χ2n) is 17.1. The van der Waals surface area contributed by atoms with Crippen molar-refractivity contribution >= 4 is 60.8 Å². The number of aromatic nitrogens is 1. The summed E-state index contributed by atoms with van der Waals surface area (Å²) >= 11 is 0. The Kier molecular flexibility index (Phi) is 7.32. The van der Waals surface area contributed by atoms with Gasteiger partial charge >= 0.3 is 0 Å². The molecule has 2 aromatic heterocycles. The molecule has 3 nitrogen and oxygen atoms in total. The summed E-state index contributed by atoms with van der Waals surface area (Å²) in [5, 5.41) is 4.65. The number of anilines is 3. The summed E-state index contributed by atoms with van der Waals surface area (Å²) in [6, 6.07) is 84.7. The summed E-state index contributed by atoms with van der Waals surface area (Å²) in [4.78, 5) is 2.57. The molecule has 12 aromatic rings. The lowest BCUT2D eigenvalue weighted by atomic mass is 9.70. The standard InChI is InChI=1S/C61H38N2O/c1-2-19-40(20-3-1)62-52-32-12-7-25-47(52)59-53(62)33-17-34-54(59)63(41-21-14-18-39(38-41)42-27-16-37-57-58(42)48-26-8-13-36-56(48)64-57)55-35-15-28-46-45-24-6-11-31-51(45)61(60(46)55)49-29-9-4-22-43(49)44-23-5-10-30-50(44)61/h1-38H. The fourth-order valence-electron chi connectivity index (χ4n) is 11.6. The van der Waals surface area contributed by atoms with Crippen molar-refractivity contribution in [2.75, 3.05) is 4.90 Å². The predicted molar refractivity (Wildman–Crippen MR) is 264 cm³/mol. The largest absolute Gasteiger partial charge is 0.456 e. The Labute approximate surface area is 370 Å². The first-order chi connectivity index (χ1) is 31.8. The van der Waals surface area contributed by atoms with Gasteiger partial charge in [-0.3, -0.25) is 0 Å². The van der Waals surface area contributed by atoms with Gasteiger partial charge in [-0.15, -0.1) is 0 Å². The van der Waals surface area contributed by atoms with Crippen LogP contribution in [0, 0.1) is 0 Å². The normalized spacial score (nSPS) is 13.1. The summed E-state index contributed by atoms with van der Waals surface area (Å²) in [6.45, 7) is 0. The van der Waals surface area contributed by atoms with E-state index in [1.807, 2.05) is 6.07 Å². The lowest BCUT2D eigenvalue weighted by molar-refractivity contribution is 0.669. The fraction of sp³-hybridized carbons (Fsp3) is 0.0164. The summed E-state index contributed by atoms with van der Waals surface area (Å²) < 4.78 is 8.86. The van der Waals surface area contributed by atoms with Gasteiger partial charge in [0.05, 0.1) is 27.8 Å². The van der Waals surface area contributed by atoms with E-state index in [4.69, 9.17) is 4.42 Å². The van der Waals surface area contributed by atoms with E-state index in [1.54, 1.807) is 0 Å². The van der Waals surface area contributed by atoms with Gasteiger partial charge in [0.25, 0.3) is 0 Å². The molecule has 0 saturated heterocycles. The SMILES string of the molecule is c1ccc(-n2c3ccccc3c3c(N(c4cccc(-c5cccc6oc7ccccc7c56)c4)c4cccc5c4C4(c6ccccc6-c6ccccc64)c4ccccc4-5)cccc32)cc1. The van der Waals surface area contributed by atoms with Gasteiger partial charge in [0.2, 0.25) is 0 Å². The molecule has 0 fully saturated rings. The average Bonchev–Trinajstić information content (AvgIpc) is 4.09. The maximum Gasteiger partial charge on any atom is 0.136 e. The quantitative estimate of drug-likeness (QED) is 0.173. The van der Waals surface area contributed by atoms with E-state index in [9.17, 15) is 0 Å². The zero-order valence-electron chi connectivity index (χ0n) is 34.7. The van der Waals surface area contributed by atoms with Crippen LogP contribution in [0.25, 0.3) is 82.8 Å². The molecular formula is C61H38N2O. The number of rotatable bonds is 5. The summed E-state index contributed by atoms with van der Waals surface area (Å²) in [5.41, 5.74) is 20.7. The lowest BCUT2D eigenvalue weighted by Crippen LogP contribution is -2.28. The number of nitrogens with zero attached hydrogens (tertiary/aromatic N) is 2. The molecular weight excluding hydrogens is 777 g/mol. The van der Waals surface area contributed by atoms with Crippen molar-refractivity contribution in [2.45, 2.75) is 5.41 Å². The Morgan fingerprint density at radius 2 is 0.922 bits per heavy atom. The Morgan fingerprint density at radius 3 is 1.70 bits per heavy atom. The average molecular weight is 815 g/mol. The van der Waals surface area contributed by atoms with Gasteiger partial charge in [-0.1, -0.05) is 170 Å². The molecule has 14 rings (SSSR count). The molecule has 2 aliphatic carbocycles. The van der Waals surface area contributed by atoms with Crippen LogP contribution in [-0.2, 0) is 5.41 Å². The molecule has 2 aliphatic rings. The first-order valence-corrected chi connectivity index (χ1v) is 22.1. The topological polar surface area (TPSA) is 21.3 Å². The van der Waals surface area contributed by atoms with E-state index >= 15 is 0 Å². The Morgan fingerprint density at radius 1 is 0.375 bits per heavy atom. The molecule has 2 heterocycles. The van der Waals surface area contributed by atoms with Crippen LogP contribution in [0.1, 0.15) is 22.3 Å².